The molecule has 4 nitrogen and oxygen atoms in total. The van der Waals surface area contributed by atoms with Crippen molar-refractivity contribution in [1.29, 1.82) is 5.41 Å². The van der Waals surface area contributed by atoms with Gasteiger partial charge in [-0.3, -0.25) is 5.41 Å². The molecule has 4 heteroatoms. The summed E-state index contributed by atoms with van der Waals surface area (Å²) in [6.45, 7) is 4.68. The van der Waals surface area contributed by atoms with Crippen molar-refractivity contribution in [2.75, 3.05) is 0 Å². The fourth-order valence-electron chi connectivity index (χ4n) is 7.70. The summed E-state index contributed by atoms with van der Waals surface area (Å²) in [6, 6.07) is 59.1. The molecule has 1 heterocycles. The minimum atomic E-state index is -0.119. The zero-order valence-electron chi connectivity index (χ0n) is 29.1. The molecule has 7 aromatic carbocycles. The van der Waals surface area contributed by atoms with Crippen LogP contribution in [-0.2, 0) is 5.41 Å². The lowest BCUT2D eigenvalue weighted by atomic mass is 9.82. The maximum atomic E-state index is 8.71. The van der Waals surface area contributed by atoms with E-state index in [-0.39, 0.29) is 11.3 Å². The number of nitrogens with one attached hydrogen (secondary N) is 1. The summed E-state index contributed by atoms with van der Waals surface area (Å²) in [5.74, 6) is 0.657. The number of rotatable bonds is 5. The van der Waals surface area contributed by atoms with E-state index in [1.54, 1.807) is 0 Å². The Bertz CT molecular complexity index is 2700. The van der Waals surface area contributed by atoms with Crippen molar-refractivity contribution in [3.8, 4) is 27.9 Å². The molecule has 0 radical (unpaired) electrons. The molecule has 0 spiro atoms. The van der Waals surface area contributed by atoms with Gasteiger partial charge in [-0.15, -0.1) is 0 Å². The monoisotopic (exact) mass is 668 g/mol. The lowest BCUT2D eigenvalue weighted by Gasteiger charge is -2.21. The molecule has 0 aliphatic heterocycles. The highest BCUT2D eigenvalue weighted by atomic mass is 15.0. The zero-order chi connectivity index (χ0) is 35.2. The van der Waals surface area contributed by atoms with Gasteiger partial charge in [0.25, 0.3) is 0 Å². The van der Waals surface area contributed by atoms with Gasteiger partial charge in [0.2, 0.25) is 0 Å². The highest BCUT2D eigenvalue weighted by Gasteiger charge is 2.36. The van der Waals surface area contributed by atoms with Crippen LogP contribution in [0.25, 0.3) is 49.7 Å². The third-order valence-electron chi connectivity index (χ3n) is 10.3. The molecule has 0 saturated heterocycles. The van der Waals surface area contributed by atoms with E-state index in [4.69, 9.17) is 10.4 Å². The minimum absolute atomic E-state index is 0.119. The van der Waals surface area contributed by atoms with Gasteiger partial charge in [-0.05, 0) is 69.3 Å². The zero-order valence-corrected chi connectivity index (χ0v) is 29.1. The van der Waals surface area contributed by atoms with Gasteiger partial charge in [0.15, 0.2) is 11.7 Å². The Hall–Kier alpha value is -6.65. The molecule has 0 fully saturated rings. The number of aliphatic imine (C=N–C) groups is 2. The van der Waals surface area contributed by atoms with Crippen LogP contribution in [0.15, 0.2) is 180 Å². The van der Waals surface area contributed by atoms with Gasteiger partial charge < -0.3 is 4.57 Å². The quantitative estimate of drug-likeness (QED) is 0.140. The molecule has 8 aromatic rings. The molecule has 1 aliphatic rings. The lowest BCUT2D eigenvalue weighted by Crippen LogP contribution is -2.14. The largest absolute Gasteiger partial charge is 0.309 e. The van der Waals surface area contributed by atoms with E-state index in [0.29, 0.717) is 5.84 Å². The number of aromatic nitrogens is 1. The Morgan fingerprint density at radius 1 is 0.558 bits per heavy atom. The van der Waals surface area contributed by atoms with Crippen LogP contribution in [0, 0.1) is 5.41 Å². The Morgan fingerprint density at radius 3 is 2.00 bits per heavy atom. The Morgan fingerprint density at radius 2 is 1.23 bits per heavy atom. The second-order valence-corrected chi connectivity index (χ2v) is 13.9. The van der Waals surface area contributed by atoms with Gasteiger partial charge >= 0.3 is 0 Å². The van der Waals surface area contributed by atoms with Crippen molar-refractivity contribution in [3.05, 3.63) is 198 Å². The molecule has 0 unspecified atom stereocenters. The first-order valence-electron chi connectivity index (χ1n) is 17.7. The third-order valence-corrected chi connectivity index (χ3v) is 10.3. The van der Waals surface area contributed by atoms with E-state index < -0.39 is 0 Å². The number of nitrogens with zero attached hydrogens (tertiary/aromatic N) is 3. The van der Waals surface area contributed by atoms with Crippen LogP contribution < -0.4 is 0 Å². The van der Waals surface area contributed by atoms with E-state index in [2.05, 4.69) is 133 Å². The van der Waals surface area contributed by atoms with Crippen molar-refractivity contribution < 1.29 is 0 Å². The molecule has 0 bridgehead atoms. The highest BCUT2D eigenvalue weighted by molar-refractivity contribution is 6.14. The van der Waals surface area contributed by atoms with Crippen molar-refractivity contribution in [1.82, 2.24) is 4.57 Å². The first-order chi connectivity index (χ1) is 25.5. The summed E-state index contributed by atoms with van der Waals surface area (Å²) in [5, 5.41) is 11.2. The molecule has 1 aromatic heterocycles. The SMILES string of the molecule is CC1(C)c2ccccc2-c2cc3c4ccc(-c5ccccc5)cc4n(-c4cccc(/C=N/C(=N\C(=N)c5ccccc5)c5ccccc5)c4)c3cc21. The van der Waals surface area contributed by atoms with E-state index >= 15 is 0 Å². The summed E-state index contributed by atoms with van der Waals surface area (Å²) in [6.07, 6.45) is 1.86. The molecule has 0 amide bonds. The predicted octanol–water partition coefficient (Wildman–Crippen LogP) is 11.6. The van der Waals surface area contributed by atoms with Crippen LogP contribution in [0.4, 0.5) is 0 Å². The van der Waals surface area contributed by atoms with Crippen molar-refractivity contribution in [2.24, 2.45) is 9.98 Å². The standard InChI is InChI=1S/C48H36N4/c1-48(2)42-24-13-12-23-38(42)40-29-41-39-26-25-36(33-16-6-3-7-17-33)28-44(39)52(45(41)30-43(40)48)37-22-14-15-32(27-37)31-50-47(35-20-10-5-11-21-35)51-46(49)34-18-8-4-9-19-34/h3-31,49H,1-2H3/b49-46?,50-31+,51-47-. The fraction of sp³-hybridized carbons (Fsp3) is 0.0625. The number of hydrogen-bond donors (Lipinski definition) is 1. The molecule has 1 aliphatic carbocycles. The van der Waals surface area contributed by atoms with Crippen LogP contribution in [-0.4, -0.2) is 22.5 Å². The summed E-state index contributed by atoms with van der Waals surface area (Å²) in [4.78, 5) is 9.58. The summed E-state index contributed by atoms with van der Waals surface area (Å²) >= 11 is 0. The minimum Gasteiger partial charge on any atom is -0.309 e. The average Bonchev–Trinajstić information content (AvgIpc) is 3.64. The number of benzene rings is 7. The van der Waals surface area contributed by atoms with E-state index in [1.807, 2.05) is 66.9 Å². The van der Waals surface area contributed by atoms with Crippen molar-refractivity contribution in [3.63, 3.8) is 0 Å². The molecule has 9 rings (SSSR count). The highest BCUT2D eigenvalue weighted by Crippen LogP contribution is 2.51. The smallest absolute Gasteiger partial charge is 0.161 e. The van der Waals surface area contributed by atoms with E-state index in [9.17, 15) is 0 Å². The summed E-state index contributed by atoms with van der Waals surface area (Å²) < 4.78 is 2.41. The third kappa shape index (κ3) is 5.37. The Balaban J connectivity index is 1.21. The first-order valence-corrected chi connectivity index (χ1v) is 17.7. The van der Waals surface area contributed by atoms with Gasteiger partial charge in [-0.2, -0.15) is 0 Å². The molecular formula is C48H36N4. The van der Waals surface area contributed by atoms with E-state index in [1.165, 1.54) is 49.7 Å². The number of hydrogen-bond acceptors (Lipinski definition) is 1. The van der Waals surface area contributed by atoms with Gasteiger partial charge in [-0.1, -0.05) is 153 Å². The van der Waals surface area contributed by atoms with Crippen LogP contribution in [0.5, 0.6) is 0 Å². The average molecular weight is 669 g/mol. The van der Waals surface area contributed by atoms with Gasteiger partial charge in [-0.25, -0.2) is 9.98 Å². The van der Waals surface area contributed by atoms with Crippen molar-refractivity contribution in [2.45, 2.75) is 19.3 Å². The first kappa shape index (κ1) is 31.3. The Labute approximate surface area is 303 Å². The number of amidine groups is 2. The maximum absolute atomic E-state index is 8.71. The molecular weight excluding hydrogens is 633 g/mol. The van der Waals surface area contributed by atoms with Crippen LogP contribution in [0.3, 0.4) is 0 Å². The second-order valence-electron chi connectivity index (χ2n) is 13.9. The molecule has 1 N–H and O–H groups in total. The van der Waals surface area contributed by atoms with Crippen LogP contribution >= 0.6 is 0 Å². The molecule has 0 atom stereocenters. The maximum Gasteiger partial charge on any atom is 0.161 e. The normalized spacial score (nSPS) is 13.5. The van der Waals surface area contributed by atoms with Crippen LogP contribution in [0.2, 0.25) is 0 Å². The Kier molecular flexibility index (Phi) is 7.59. The van der Waals surface area contributed by atoms with Gasteiger partial charge in [0.05, 0.1) is 11.0 Å². The van der Waals surface area contributed by atoms with E-state index in [0.717, 1.165) is 27.9 Å². The molecule has 52 heavy (non-hydrogen) atoms. The van der Waals surface area contributed by atoms with Crippen molar-refractivity contribution >= 4 is 39.7 Å². The van der Waals surface area contributed by atoms with Crippen LogP contribution in [0.1, 0.15) is 41.7 Å². The summed E-state index contributed by atoms with van der Waals surface area (Å²) in [7, 11) is 0. The topological polar surface area (TPSA) is 53.5 Å². The van der Waals surface area contributed by atoms with Gasteiger partial charge in [0, 0.05) is 39.2 Å². The predicted molar refractivity (Wildman–Crippen MR) is 218 cm³/mol. The number of fused-ring (bicyclic) bond motifs is 6. The second kappa shape index (κ2) is 12.6. The molecule has 0 saturated carbocycles. The molecule has 248 valence electrons. The fourth-order valence-corrected chi connectivity index (χ4v) is 7.70. The van der Waals surface area contributed by atoms with Gasteiger partial charge in [0.1, 0.15) is 0 Å². The summed E-state index contributed by atoms with van der Waals surface area (Å²) in [5.41, 5.74) is 13.5. The lowest BCUT2D eigenvalue weighted by molar-refractivity contribution is 0.661.